The highest BCUT2D eigenvalue weighted by atomic mass is 15.2. The summed E-state index contributed by atoms with van der Waals surface area (Å²) >= 11 is 0. The van der Waals surface area contributed by atoms with Crippen molar-refractivity contribution in [3.05, 3.63) is 29.1 Å². The molecular weight excluding hydrogens is 234 g/mol. The van der Waals surface area contributed by atoms with Crippen molar-refractivity contribution in [2.45, 2.75) is 65.8 Å². The van der Waals surface area contributed by atoms with Crippen LogP contribution in [-0.2, 0) is 0 Å². The van der Waals surface area contributed by atoms with E-state index in [1.807, 2.05) is 6.92 Å². The second-order valence-corrected chi connectivity index (χ2v) is 5.50. The third kappa shape index (κ3) is 4.92. The molecule has 19 heavy (non-hydrogen) atoms. The molecule has 0 amide bonds. The molecule has 0 spiro atoms. The molecule has 0 saturated heterocycles. The van der Waals surface area contributed by atoms with Crippen LogP contribution in [0.4, 0.5) is 0 Å². The lowest BCUT2D eigenvalue weighted by Gasteiger charge is -2.23. The van der Waals surface area contributed by atoms with Gasteiger partial charge in [-0.2, -0.15) is 0 Å². The van der Waals surface area contributed by atoms with E-state index in [9.17, 15) is 0 Å². The number of hydrazine groups is 1. The molecule has 0 aliphatic carbocycles. The number of hydrogen-bond acceptors (Lipinski definition) is 3. The fourth-order valence-electron chi connectivity index (χ4n) is 2.67. The Balaban J connectivity index is 2.76. The number of nitrogens with one attached hydrogen (secondary N) is 1. The van der Waals surface area contributed by atoms with Crippen molar-refractivity contribution in [3.63, 3.8) is 0 Å². The smallest absolute Gasteiger partial charge is 0.0480 e. The maximum atomic E-state index is 5.77. The van der Waals surface area contributed by atoms with Gasteiger partial charge in [0.05, 0.1) is 0 Å². The van der Waals surface area contributed by atoms with Gasteiger partial charge in [0.1, 0.15) is 0 Å². The second kappa shape index (κ2) is 8.28. The number of nitrogens with two attached hydrogens (primary N) is 1. The lowest BCUT2D eigenvalue weighted by molar-refractivity contribution is 0.355. The summed E-state index contributed by atoms with van der Waals surface area (Å²) in [6, 6.07) is 4.45. The summed E-state index contributed by atoms with van der Waals surface area (Å²) in [5, 5.41) is 0. The normalized spacial score (nSPS) is 14.4. The number of hydrogen-bond donors (Lipinski definition) is 2. The van der Waals surface area contributed by atoms with Crippen LogP contribution in [0.5, 0.6) is 0 Å². The minimum absolute atomic E-state index is 0.218. The lowest BCUT2D eigenvalue weighted by Crippen LogP contribution is -2.30. The Morgan fingerprint density at radius 3 is 2.53 bits per heavy atom. The largest absolute Gasteiger partial charge is 0.271 e. The summed E-state index contributed by atoms with van der Waals surface area (Å²) in [6.07, 6.45) is 6.18. The van der Waals surface area contributed by atoms with Gasteiger partial charge >= 0.3 is 0 Å². The van der Waals surface area contributed by atoms with Gasteiger partial charge in [-0.05, 0) is 37.8 Å². The van der Waals surface area contributed by atoms with E-state index in [-0.39, 0.29) is 6.04 Å². The van der Waals surface area contributed by atoms with Gasteiger partial charge < -0.3 is 0 Å². The van der Waals surface area contributed by atoms with Crippen molar-refractivity contribution >= 4 is 0 Å². The molecule has 0 fully saturated rings. The first-order valence-electron chi connectivity index (χ1n) is 7.52. The first kappa shape index (κ1) is 16.1. The van der Waals surface area contributed by atoms with Crippen LogP contribution in [0.25, 0.3) is 0 Å². The summed E-state index contributed by atoms with van der Waals surface area (Å²) < 4.78 is 0. The summed E-state index contributed by atoms with van der Waals surface area (Å²) in [6.45, 7) is 8.62. The lowest BCUT2D eigenvalue weighted by atomic mass is 9.89. The second-order valence-electron chi connectivity index (χ2n) is 5.50. The molecule has 0 bridgehead atoms. The predicted octanol–water partition coefficient (Wildman–Crippen LogP) is 3.81. The van der Waals surface area contributed by atoms with Gasteiger partial charge in [0.15, 0.2) is 0 Å². The number of aromatic nitrogens is 1. The number of nitrogens with zero attached hydrogens (tertiary/aromatic N) is 1. The Morgan fingerprint density at radius 2 is 2.00 bits per heavy atom. The Labute approximate surface area is 118 Å². The van der Waals surface area contributed by atoms with Crippen LogP contribution in [0, 0.1) is 19.8 Å². The summed E-state index contributed by atoms with van der Waals surface area (Å²) in [7, 11) is 0. The fraction of sp³-hybridized carbons (Fsp3) is 0.688. The van der Waals surface area contributed by atoms with Crippen LogP contribution >= 0.6 is 0 Å². The number of aryl methyl sites for hydroxylation is 2. The van der Waals surface area contributed by atoms with Gasteiger partial charge in [0.25, 0.3) is 0 Å². The Hall–Kier alpha value is -0.930. The van der Waals surface area contributed by atoms with E-state index in [4.69, 9.17) is 5.84 Å². The number of unbranched alkanes of at least 4 members (excludes halogenated alkanes) is 1. The summed E-state index contributed by atoms with van der Waals surface area (Å²) in [4.78, 5) is 4.54. The van der Waals surface area contributed by atoms with Crippen LogP contribution in [0.2, 0.25) is 0 Å². The van der Waals surface area contributed by atoms with E-state index < -0.39 is 0 Å². The van der Waals surface area contributed by atoms with Crippen molar-refractivity contribution in [2.75, 3.05) is 0 Å². The molecule has 1 heterocycles. The Kier molecular flexibility index (Phi) is 7.03. The maximum Gasteiger partial charge on any atom is 0.0480 e. The molecule has 1 rings (SSSR count). The molecule has 108 valence electrons. The quantitative estimate of drug-likeness (QED) is 0.554. The highest BCUT2D eigenvalue weighted by Crippen LogP contribution is 2.27. The summed E-state index contributed by atoms with van der Waals surface area (Å²) in [5.41, 5.74) is 6.37. The average molecular weight is 263 g/mol. The molecule has 0 radical (unpaired) electrons. The van der Waals surface area contributed by atoms with Crippen molar-refractivity contribution in [1.29, 1.82) is 0 Å². The molecule has 3 nitrogen and oxygen atoms in total. The molecule has 3 heteroatoms. The van der Waals surface area contributed by atoms with Gasteiger partial charge in [-0.1, -0.05) is 45.6 Å². The molecule has 1 aromatic rings. The van der Waals surface area contributed by atoms with Crippen molar-refractivity contribution in [3.8, 4) is 0 Å². The Bertz CT molecular complexity index is 376. The molecule has 1 aromatic heterocycles. The van der Waals surface area contributed by atoms with Crippen LogP contribution in [-0.4, -0.2) is 4.98 Å². The van der Waals surface area contributed by atoms with Gasteiger partial charge in [-0.15, -0.1) is 0 Å². The third-order valence-electron chi connectivity index (χ3n) is 3.95. The van der Waals surface area contributed by atoms with Crippen LogP contribution in [0.15, 0.2) is 12.1 Å². The first-order chi connectivity index (χ1) is 9.12. The molecule has 0 saturated carbocycles. The zero-order valence-electron chi connectivity index (χ0n) is 12.9. The third-order valence-corrected chi connectivity index (χ3v) is 3.95. The zero-order valence-corrected chi connectivity index (χ0v) is 12.9. The predicted molar refractivity (Wildman–Crippen MR) is 81.7 cm³/mol. The fourth-order valence-corrected chi connectivity index (χ4v) is 2.67. The van der Waals surface area contributed by atoms with Crippen LogP contribution < -0.4 is 11.3 Å². The first-order valence-corrected chi connectivity index (χ1v) is 7.52. The standard InChI is InChI=1S/C16H29N3/c1-5-7-8-14(6-2)11-16(19-17)15-10-9-12(3)18-13(15)4/h9-10,14,16,19H,5-8,11,17H2,1-4H3. The van der Waals surface area contributed by atoms with E-state index >= 15 is 0 Å². The van der Waals surface area contributed by atoms with Crippen LogP contribution in [0.1, 0.15) is 68.9 Å². The molecule has 2 unspecified atom stereocenters. The van der Waals surface area contributed by atoms with Gasteiger partial charge in [0.2, 0.25) is 0 Å². The van der Waals surface area contributed by atoms with Crippen molar-refractivity contribution in [1.82, 2.24) is 10.4 Å². The number of pyridine rings is 1. The molecule has 0 aliphatic heterocycles. The molecule has 2 atom stereocenters. The minimum atomic E-state index is 0.218. The van der Waals surface area contributed by atoms with Gasteiger partial charge in [0, 0.05) is 17.4 Å². The van der Waals surface area contributed by atoms with Crippen molar-refractivity contribution < 1.29 is 0 Å². The van der Waals surface area contributed by atoms with E-state index in [1.165, 1.54) is 31.2 Å². The van der Waals surface area contributed by atoms with E-state index in [0.717, 1.165) is 23.7 Å². The highest BCUT2D eigenvalue weighted by molar-refractivity contribution is 5.25. The monoisotopic (exact) mass is 263 g/mol. The van der Waals surface area contributed by atoms with Crippen molar-refractivity contribution in [2.24, 2.45) is 11.8 Å². The van der Waals surface area contributed by atoms with E-state index in [0.29, 0.717) is 0 Å². The maximum absolute atomic E-state index is 5.77. The molecule has 3 N–H and O–H groups in total. The van der Waals surface area contributed by atoms with Gasteiger partial charge in [-0.3, -0.25) is 16.3 Å². The highest BCUT2D eigenvalue weighted by Gasteiger charge is 2.17. The minimum Gasteiger partial charge on any atom is -0.271 e. The molecule has 0 aliphatic rings. The van der Waals surface area contributed by atoms with Gasteiger partial charge in [-0.25, -0.2) is 0 Å². The number of rotatable bonds is 8. The SMILES string of the molecule is CCCCC(CC)CC(NN)c1ccc(C)nc1C. The molecule has 0 aromatic carbocycles. The van der Waals surface area contributed by atoms with E-state index in [2.05, 4.69) is 43.3 Å². The van der Waals surface area contributed by atoms with Crippen LogP contribution in [0.3, 0.4) is 0 Å². The molecular formula is C16H29N3. The summed E-state index contributed by atoms with van der Waals surface area (Å²) in [5.74, 6) is 6.50. The average Bonchev–Trinajstić information content (AvgIpc) is 2.40. The zero-order chi connectivity index (χ0) is 14.3. The van der Waals surface area contributed by atoms with E-state index in [1.54, 1.807) is 0 Å². The topological polar surface area (TPSA) is 50.9 Å². The Morgan fingerprint density at radius 1 is 1.26 bits per heavy atom.